The lowest BCUT2D eigenvalue weighted by molar-refractivity contribution is 0.0670. The molecule has 1 heterocycles. The van der Waals surface area contributed by atoms with Gasteiger partial charge < -0.3 is 10.6 Å². The number of hydrogen-bond acceptors (Lipinski definition) is 2. The number of thiocarbonyl (C=S) groups is 1. The summed E-state index contributed by atoms with van der Waals surface area (Å²) < 4.78 is 0.731. The van der Waals surface area contributed by atoms with Crippen LogP contribution in [0.15, 0.2) is 22.7 Å². The van der Waals surface area contributed by atoms with Crippen LogP contribution in [0, 0.1) is 5.41 Å². The number of likely N-dealkylation sites (tertiary alicyclic amines) is 1. The summed E-state index contributed by atoms with van der Waals surface area (Å²) in [5, 5.41) is 0.598. The number of carbonyl (C=O) groups excluding carboxylic acids is 1. The summed E-state index contributed by atoms with van der Waals surface area (Å²) in [5.74, 6) is 0.0207. The summed E-state index contributed by atoms with van der Waals surface area (Å²) in [5.41, 5.74) is 6.28. The third kappa shape index (κ3) is 3.15. The highest BCUT2D eigenvalue weighted by molar-refractivity contribution is 9.10. The fourth-order valence-electron chi connectivity index (χ4n) is 2.26. The molecular weight excluding hydrogens is 360 g/mol. The SMILES string of the molecule is CC1(C(N)=S)CCN(C(=O)c2ccc(Cl)c(Br)c2)CC1. The molecule has 0 aliphatic carbocycles. The van der Waals surface area contributed by atoms with Gasteiger partial charge in [0.05, 0.1) is 10.0 Å². The van der Waals surface area contributed by atoms with Gasteiger partial charge in [0, 0.05) is 28.5 Å². The van der Waals surface area contributed by atoms with Gasteiger partial charge in [0.2, 0.25) is 0 Å². The number of carbonyl (C=O) groups is 1. The lowest BCUT2D eigenvalue weighted by Crippen LogP contribution is -2.46. The van der Waals surface area contributed by atoms with E-state index in [1.807, 2.05) is 4.90 Å². The number of nitrogens with two attached hydrogens (primary N) is 1. The zero-order chi connectivity index (χ0) is 14.9. The van der Waals surface area contributed by atoms with Crippen LogP contribution in [-0.4, -0.2) is 28.9 Å². The van der Waals surface area contributed by atoms with E-state index in [2.05, 4.69) is 22.9 Å². The normalized spacial score (nSPS) is 17.9. The van der Waals surface area contributed by atoms with Crippen molar-refractivity contribution in [3.63, 3.8) is 0 Å². The Labute approximate surface area is 137 Å². The van der Waals surface area contributed by atoms with Crippen molar-refractivity contribution in [1.82, 2.24) is 4.90 Å². The lowest BCUT2D eigenvalue weighted by Gasteiger charge is -2.38. The second kappa shape index (κ2) is 6.00. The third-order valence-corrected chi connectivity index (χ3v) is 5.62. The minimum Gasteiger partial charge on any atom is -0.393 e. The van der Waals surface area contributed by atoms with E-state index in [1.165, 1.54) is 0 Å². The van der Waals surface area contributed by atoms with Crippen LogP contribution in [0.1, 0.15) is 30.1 Å². The van der Waals surface area contributed by atoms with Crippen molar-refractivity contribution in [2.45, 2.75) is 19.8 Å². The van der Waals surface area contributed by atoms with Gasteiger partial charge in [-0.15, -0.1) is 0 Å². The van der Waals surface area contributed by atoms with E-state index < -0.39 is 0 Å². The molecule has 2 N–H and O–H groups in total. The van der Waals surface area contributed by atoms with Gasteiger partial charge in [-0.25, -0.2) is 0 Å². The number of hydrogen-bond donors (Lipinski definition) is 1. The summed E-state index contributed by atoms with van der Waals surface area (Å²) in [6, 6.07) is 5.23. The van der Waals surface area contributed by atoms with Gasteiger partial charge in [-0.2, -0.15) is 0 Å². The number of rotatable bonds is 2. The minimum atomic E-state index is -0.132. The van der Waals surface area contributed by atoms with Crippen LogP contribution in [0.4, 0.5) is 0 Å². The van der Waals surface area contributed by atoms with Crippen LogP contribution in [0.2, 0.25) is 5.02 Å². The smallest absolute Gasteiger partial charge is 0.253 e. The summed E-state index contributed by atoms with van der Waals surface area (Å²) in [6.45, 7) is 3.41. The molecule has 108 valence electrons. The van der Waals surface area contributed by atoms with Gasteiger partial charge in [-0.3, -0.25) is 4.79 Å². The Morgan fingerprint density at radius 1 is 1.45 bits per heavy atom. The third-order valence-electron chi connectivity index (χ3n) is 3.92. The summed E-state index contributed by atoms with van der Waals surface area (Å²) >= 11 is 14.4. The topological polar surface area (TPSA) is 46.3 Å². The van der Waals surface area contributed by atoms with Crippen molar-refractivity contribution in [2.24, 2.45) is 11.1 Å². The van der Waals surface area contributed by atoms with Crippen molar-refractivity contribution in [3.8, 4) is 0 Å². The first-order valence-electron chi connectivity index (χ1n) is 6.38. The monoisotopic (exact) mass is 374 g/mol. The van der Waals surface area contributed by atoms with E-state index >= 15 is 0 Å². The molecule has 1 saturated heterocycles. The predicted molar refractivity (Wildman–Crippen MR) is 89.2 cm³/mol. The largest absolute Gasteiger partial charge is 0.393 e. The minimum absolute atomic E-state index is 0.0207. The van der Waals surface area contributed by atoms with Gasteiger partial charge in [0.1, 0.15) is 0 Å². The van der Waals surface area contributed by atoms with Crippen molar-refractivity contribution < 1.29 is 4.79 Å². The zero-order valence-corrected chi connectivity index (χ0v) is 14.3. The number of benzene rings is 1. The second-order valence-corrected chi connectivity index (χ2v) is 7.05. The van der Waals surface area contributed by atoms with Gasteiger partial charge in [0.25, 0.3) is 5.91 Å². The van der Waals surface area contributed by atoms with Gasteiger partial charge >= 0.3 is 0 Å². The molecule has 20 heavy (non-hydrogen) atoms. The highest BCUT2D eigenvalue weighted by atomic mass is 79.9. The van der Waals surface area contributed by atoms with Crippen molar-refractivity contribution in [1.29, 1.82) is 0 Å². The number of amides is 1. The summed E-state index contributed by atoms with van der Waals surface area (Å²) in [6.07, 6.45) is 1.62. The molecule has 0 spiro atoms. The molecule has 0 saturated carbocycles. The van der Waals surface area contributed by atoms with Crippen LogP contribution in [-0.2, 0) is 0 Å². The Bertz CT molecular complexity index is 556. The Kier molecular flexibility index (Phi) is 4.72. The number of piperidine rings is 1. The van der Waals surface area contributed by atoms with Crippen LogP contribution >= 0.6 is 39.7 Å². The van der Waals surface area contributed by atoms with E-state index in [0.29, 0.717) is 28.7 Å². The van der Waals surface area contributed by atoms with Gasteiger partial charge in [0.15, 0.2) is 0 Å². The molecule has 0 aromatic heterocycles. The maximum absolute atomic E-state index is 12.4. The molecule has 1 aromatic carbocycles. The van der Waals surface area contributed by atoms with Crippen molar-refractivity contribution in [2.75, 3.05) is 13.1 Å². The van der Waals surface area contributed by atoms with Crippen molar-refractivity contribution in [3.05, 3.63) is 33.3 Å². The fourth-order valence-corrected chi connectivity index (χ4v) is 2.96. The first kappa shape index (κ1) is 15.7. The molecule has 0 radical (unpaired) electrons. The first-order chi connectivity index (χ1) is 9.33. The fraction of sp³-hybridized carbons (Fsp3) is 0.429. The Morgan fingerprint density at radius 3 is 2.55 bits per heavy atom. The summed E-state index contributed by atoms with van der Waals surface area (Å²) in [7, 11) is 0. The summed E-state index contributed by atoms with van der Waals surface area (Å²) in [4.78, 5) is 14.8. The highest BCUT2D eigenvalue weighted by Gasteiger charge is 2.34. The molecule has 3 nitrogen and oxygen atoms in total. The molecule has 1 aliphatic rings. The van der Waals surface area contributed by atoms with E-state index in [0.717, 1.165) is 17.3 Å². The standard InChI is InChI=1S/C14H16BrClN2OS/c1-14(13(17)20)4-6-18(7-5-14)12(19)9-2-3-11(16)10(15)8-9/h2-3,8H,4-7H2,1H3,(H2,17,20). The van der Waals surface area contributed by atoms with Crippen molar-refractivity contribution >= 4 is 50.6 Å². The molecule has 0 bridgehead atoms. The first-order valence-corrected chi connectivity index (χ1v) is 7.96. The number of halogens is 2. The van der Waals surface area contributed by atoms with Crippen LogP contribution in [0.5, 0.6) is 0 Å². The van der Waals surface area contributed by atoms with Gasteiger partial charge in [-0.1, -0.05) is 30.7 Å². The highest BCUT2D eigenvalue weighted by Crippen LogP contribution is 2.32. The molecule has 1 fully saturated rings. The average molecular weight is 376 g/mol. The maximum Gasteiger partial charge on any atom is 0.253 e. The van der Waals surface area contributed by atoms with Crippen LogP contribution in [0.25, 0.3) is 0 Å². The number of nitrogens with zero attached hydrogens (tertiary/aromatic N) is 1. The molecule has 6 heteroatoms. The Hall–Kier alpha value is -0.650. The molecule has 0 unspecified atom stereocenters. The predicted octanol–water partition coefficient (Wildman–Crippen LogP) is 3.63. The zero-order valence-electron chi connectivity index (χ0n) is 11.2. The van der Waals surface area contributed by atoms with E-state index in [1.54, 1.807) is 18.2 Å². The van der Waals surface area contributed by atoms with Crippen LogP contribution < -0.4 is 5.73 Å². The second-order valence-electron chi connectivity index (χ2n) is 5.35. The maximum atomic E-state index is 12.4. The van der Waals surface area contributed by atoms with E-state index in [9.17, 15) is 4.79 Å². The lowest BCUT2D eigenvalue weighted by atomic mass is 9.80. The Balaban J connectivity index is 2.08. The van der Waals surface area contributed by atoms with E-state index in [-0.39, 0.29) is 11.3 Å². The Morgan fingerprint density at radius 2 is 2.05 bits per heavy atom. The molecule has 1 aliphatic heterocycles. The average Bonchev–Trinajstić information content (AvgIpc) is 2.42. The van der Waals surface area contributed by atoms with Crippen LogP contribution in [0.3, 0.4) is 0 Å². The van der Waals surface area contributed by atoms with Gasteiger partial charge in [-0.05, 0) is 47.0 Å². The molecular formula is C14H16BrClN2OS. The quantitative estimate of drug-likeness (QED) is 0.803. The molecule has 1 aromatic rings. The molecule has 1 amide bonds. The van der Waals surface area contributed by atoms with E-state index in [4.69, 9.17) is 29.6 Å². The molecule has 0 atom stereocenters. The molecule has 2 rings (SSSR count).